The predicted octanol–water partition coefficient (Wildman–Crippen LogP) is 4.01. The molecule has 3 aliphatic heterocycles. The van der Waals surface area contributed by atoms with E-state index in [1.807, 2.05) is 23.1 Å². The molecule has 1 saturated carbocycles. The zero-order valence-corrected chi connectivity index (χ0v) is 23.4. The van der Waals surface area contributed by atoms with Gasteiger partial charge < -0.3 is 19.1 Å². The minimum Gasteiger partial charge on any atom is -0.497 e. The lowest BCUT2D eigenvalue weighted by Gasteiger charge is -2.38. The highest BCUT2D eigenvalue weighted by Gasteiger charge is 2.49. The third kappa shape index (κ3) is 4.60. The van der Waals surface area contributed by atoms with E-state index in [1.165, 1.54) is 5.56 Å². The molecule has 4 aliphatic rings. The van der Waals surface area contributed by atoms with Crippen LogP contribution in [0.4, 0.5) is 0 Å². The maximum Gasteiger partial charge on any atom is 0.274 e. The number of rotatable bonds is 5. The number of hydrogen-bond donors (Lipinski definition) is 2. The number of nitrogens with zero attached hydrogens (tertiary/aromatic N) is 4. The Morgan fingerprint density at radius 1 is 1.07 bits per heavy atom. The van der Waals surface area contributed by atoms with Crippen LogP contribution < -0.4 is 4.74 Å². The standard InChI is InChI=1S/C29H34N4O6S/c1-37-22-6-7-23-25(16-22)40(35,36)18-24-26(28(34)32-12-15-39-29(19-32)8-9-29)30-33(27(23)24)21-4-2-20(3-5-21)17-31-10-13-38-14-11-31/h2-7,16,35-36H,8-15,17-19H2,1H3. The first-order valence-electron chi connectivity index (χ1n) is 13.7. The fourth-order valence-electron chi connectivity index (χ4n) is 5.97. The first-order chi connectivity index (χ1) is 19.4. The number of methoxy groups -OCH3 is 1. The van der Waals surface area contributed by atoms with Crippen molar-refractivity contribution in [2.24, 2.45) is 0 Å². The maximum atomic E-state index is 13.9. The molecular weight excluding hydrogens is 532 g/mol. The second-order valence-electron chi connectivity index (χ2n) is 11.1. The smallest absolute Gasteiger partial charge is 0.274 e. The summed E-state index contributed by atoms with van der Waals surface area (Å²) in [5.41, 5.74) is 3.96. The van der Waals surface area contributed by atoms with Crippen LogP contribution in [0.1, 0.15) is 34.5 Å². The van der Waals surface area contributed by atoms with E-state index < -0.39 is 10.6 Å². The summed E-state index contributed by atoms with van der Waals surface area (Å²) in [6.45, 7) is 5.69. The Bertz CT molecular complexity index is 1450. The lowest BCUT2D eigenvalue weighted by Crippen LogP contribution is -2.47. The van der Waals surface area contributed by atoms with Crippen LogP contribution in [-0.2, 0) is 21.8 Å². The molecule has 1 spiro atoms. The number of aromatic nitrogens is 2. The number of hydrogen-bond acceptors (Lipinski definition) is 8. The van der Waals surface area contributed by atoms with E-state index in [-0.39, 0.29) is 23.0 Å². The lowest BCUT2D eigenvalue weighted by molar-refractivity contribution is -0.0378. The summed E-state index contributed by atoms with van der Waals surface area (Å²) in [5.74, 6) is 0.273. The molecule has 10 nitrogen and oxygen atoms in total. The minimum absolute atomic E-state index is 0.0752. The van der Waals surface area contributed by atoms with Gasteiger partial charge in [-0.1, -0.05) is 12.1 Å². The summed E-state index contributed by atoms with van der Waals surface area (Å²) in [4.78, 5) is 18.5. The summed E-state index contributed by atoms with van der Waals surface area (Å²) < 4.78 is 41.1. The Morgan fingerprint density at radius 3 is 2.58 bits per heavy atom. The molecule has 0 atom stereocenters. The van der Waals surface area contributed by atoms with Crippen LogP contribution in [0.2, 0.25) is 0 Å². The van der Waals surface area contributed by atoms with E-state index in [1.54, 1.807) is 23.9 Å². The molecule has 0 bridgehead atoms. The van der Waals surface area contributed by atoms with Crippen LogP contribution in [0.25, 0.3) is 16.9 Å². The summed E-state index contributed by atoms with van der Waals surface area (Å²) >= 11 is 0. The van der Waals surface area contributed by atoms with Gasteiger partial charge >= 0.3 is 0 Å². The monoisotopic (exact) mass is 566 g/mol. The van der Waals surface area contributed by atoms with Crippen LogP contribution in [0, 0.1) is 0 Å². The predicted molar refractivity (Wildman–Crippen MR) is 150 cm³/mol. The quantitative estimate of drug-likeness (QED) is 0.477. The third-order valence-electron chi connectivity index (χ3n) is 8.36. The molecule has 3 aromatic rings. The van der Waals surface area contributed by atoms with Crippen molar-refractivity contribution in [2.45, 2.75) is 35.6 Å². The molecule has 1 aromatic heterocycles. The number of fused-ring (bicyclic) bond motifs is 3. The zero-order valence-electron chi connectivity index (χ0n) is 22.5. The van der Waals surface area contributed by atoms with Crippen LogP contribution in [-0.4, -0.2) is 93.3 Å². The summed E-state index contributed by atoms with van der Waals surface area (Å²) in [6.07, 6.45) is 1.91. The fourth-order valence-corrected chi connectivity index (χ4v) is 7.62. The van der Waals surface area contributed by atoms with Crippen molar-refractivity contribution in [3.8, 4) is 22.7 Å². The number of ether oxygens (including phenoxy) is 3. The van der Waals surface area contributed by atoms with Crippen LogP contribution >= 0.6 is 10.6 Å². The molecule has 11 heteroatoms. The molecule has 2 aromatic carbocycles. The Morgan fingerprint density at radius 2 is 1.85 bits per heavy atom. The Balaban J connectivity index is 1.30. The molecule has 1 aliphatic carbocycles. The average Bonchev–Trinajstić information content (AvgIpc) is 3.61. The second kappa shape index (κ2) is 9.86. The van der Waals surface area contributed by atoms with Crippen LogP contribution in [0.3, 0.4) is 0 Å². The molecule has 0 radical (unpaired) electrons. The average molecular weight is 567 g/mol. The van der Waals surface area contributed by atoms with Crippen molar-refractivity contribution >= 4 is 16.5 Å². The van der Waals surface area contributed by atoms with Gasteiger partial charge in [-0.3, -0.25) is 18.8 Å². The second-order valence-corrected chi connectivity index (χ2v) is 13.1. The van der Waals surface area contributed by atoms with Gasteiger partial charge in [0.25, 0.3) is 5.91 Å². The van der Waals surface area contributed by atoms with Gasteiger partial charge in [0.1, 0.15) is 5.75 Å². The number of amides is 1. The van der Waals surface area contributed by atoms with Crippen LogP contribution in [0.5, 0.6) is 5.75 Å². The Kier molecular flexibility index (Phi) is 6.41. The van der Waals surface area contributed by atoms with Gasteiger partial charge in [-0.15, -0.1) is 0 Å². The molecule has 7 rings (SSSR count). The fraction of sp³-hybridized carbons (Fsp3) is 0.448. The van der Waals surface area contributed by atoms with Crippen LogP contribution in [0.15, 0.2) is 47.4 Å². The van der Waals surface area contributed by atoms with E-state index in [0.717, 1.165) is 51.4 Å². The first kappa shape index (κ1) is 26.0. The summed E-state index contributed by atoms with van der Waals surface area (Å²) in [7, 11) is -1.67. The van der Waals surface area contributed by atoms with E-state index >= 15 is 0 Å². The van der Waals surface area contributed by atoms with E-state index in [9.17, 15) is 13.9 Å². The van der Waals surface area contributed by atoms with E-state index in [0.29, 0.717) is 47.2 Å². The van der Waals surface area contributed by atoms with Crippen molar-refractivity contribution in [1.29, 1.82) is 0 Å². The molecule has 4 heterocycles. The topological polar surface area (TPSA) is 110 Å². The minimum atomic E-state index is -3.22. The van der Waals surface area contributed by atoms with Gasteiger partial charge in [0, 0.05) is 43.4 Å². The Labute approximate surface area is 234 Å². The largest absolute Gasteiger partial charge is 0.497 e. The highest BCUT2D eigenvalue weighted by Crippen LogP contribution is 2.60. The summed E-state index contributed by atoms with van der Waals surface area (Å²) in [6, 6.07) is 13.5. The molecule has 3 fully saturated rings. The number of carbonyl (C=O) groups excluding carboxylic acids is 1. The van der Waals surface area contributed by atoms with Gasteiger partial charge in [-0.05, 0) is 42.7 Å². The molecule has 2 saturated heterocycles. The molecule has 0 unspecified atom stereocenters. The number of benzene rings is 2. The molecule has 212 valence electrons. The van der Waals surface area contributed by atoms with Gasteiger partial charge in [-0.25, -0.2) is 4.68 Å². The zero-order chi connectivity index (χ0) is 27.5. The van der Waals surface area contributed by atoms with Crippen molar-refractivity contribution in [3.05, 3.63) is 59.3 Å². The molecule has 2 N–H and O–H groups in total. The van der Waals surface area contributed by atoms with E-state index in [4.69, 9.17) is 19.3 Å². The van der Waals surface area contributed by atoms with Gasteiger partial charge in [0.15, 0.2) is 5.69 Å². The normalized spacial score (nSPS) is 21.9. The Hall–Kier alpha value is -2.93. The van der Waals surface area contributed by atoms with Gasteiger partial charge in [0.2, 0.25) is 0 Å². The molecule has 1 amide bonds. The van der Waals surface area contributed by atoms with E-state index in [2.05, 4.69) is 17.0 Å². The SMILES string of the molecule is COc1ccc2c(c1)S(O)(O)Cc1c(C(=O)N3CCOC4(CC4)C3)nn(-c3ccc(CN4CCOCC4)cc3)c1-2. The molecular formula is C29H34N4O6S. The maximum absolute atomic E-state index is 13.9. The highest BCUT2D eigenvalue weighted by molar-refractivity contribution is 8.23. The number of morpholine rings is 2. The van der Waals surface area contributed by atoms with Gasteiger partial charge in [-0.2, -0.15) is 15.7 Å². The lowest BCUT2D eigenvalue weighted by atomic mass is 10.0. The van der Waals surface area contributed by atoms with Crippen molar-refractivity contribution in [1.82, 2.24) is 19.6 Å². The molecule has 40 heavy (non-hydrogen) atoms. The van der Waals surface area contributed by atoms with Gasteiger partial charge in [0.05, 0.1) is 61.1 Å². The first-order valence-corrected chi connectivity index (χ1v) is 15.5. The van der Waals surface area contributed by atoms with Crippen molar-refractivity contribution in [2.75, 3.05) is 53.1 Å². The summed E-state index contributed by atoms with van der Waals surface area (Å²) in [5, 5.41) is 4.88. The highest BCUT2D eigenvalue weighted by atomic mass is 32.3. The number of carbonyl (C=O) groups is 1. The third-order valence-corrected chi connectivity index (χ3v) is 10.1. The van der Waals surface area contributed by atoms with Crippen molar-refractivity contribution < 1.29 is 28.1 Å². The van der Waals surface area contributed by atoms with Crippen molar-refractivity contribution in [3.63, 3.8) is 0 Å².